The molecule has 0 spiro atoms. The van der Waals surface area contributed by atoms with Crippen molar-refractivity contribution in [3.05, 3.63) is 168 Å². The zero-order valence-electron chi connectivity index (χ0n) is 21.6. The van der Waals surface area contributed by atoms with Gasteiger partial charge in [-0.15, -0.1) is 0 Å². The van der Waals surface area contributed by atoms with Gasteiger partial charge < -0.3 is 4.90 Å². The van der Waals surface area contributed by atoms with Gasteiger partial charge in [-0.1, -0.05) is 121 Å². The quantitative estimate of drug-likeness (QED) is 0.157. The van der Waals surface area contributed by atoms with Crippen LogP contribution in [-0.4, -0.2) is 6.21 Å². The highest BCUT2D eigenvalue weighted by atomic mass is 15.1. The Labute approximate surface area is 229 Å². The van der Waals surface area contributed by atoms with Gasteiger partial charge in [-0.3, -0.25) is 4.99 Å². The molecule has 0 saturated heterocycles. The van der Waals surface area contributed by atoms with Crippen LogP contribution in [-0.2, 0) is 0 Å². The third-order valence-corrected chi connectivity index (χ3v) is 6.70. The maximum Gasteiger partial charge on any atom is 0.0702 e. The molecule has 186 valence electrons. The Morgan fingerprint density at radius 3 is 1.85 bits per heavy atom. The van der Waals surface area contributed by atoms with E-state index in [9.17, 15) is 0 Å². The average molecular weight is 501 g/mol. The van der Waals surface area contributed by atoms with Crippen LogP contribution in [0.5, 0.6) is 0 Å². The first-order valence-electron chi connectivity index (χ1n) is 13.1. The van der Waals surface area contributed by atoms with Gasteiger partial charge in [0.05, 0.1) is 5.69 Å². The number of aliphatic imine (C=N–C) groups is 1. The molecule has 0 heterocycles. The van der Waals surface area contributed by atoms with Crippen LogP contribution >= 0.6 is 0 Å². The summed E-state index contributed by atoms with van der Waals surface area (Å²) in [7, 11) is 0. The molecule has 0 unspecified atom stereocenters. The molecule has 6 aromatic rings. The molecule has 0 amide bonds. The number of anilines is 3. The Hall–Kier alpha value is -5.21. The van der Waals surface area contributed by atoms with Crippen molar-refractivity contribution in [2.24, 2.45) is 4.99 Å². The van der Waals surface area contributed by atoms with Crippen LogP contribution in [0.15, 0.2) is 157 Å². The van der Waals surface area contributed by atoms with E-state index in [2.05, 4.69) is 132 Å². The van der Waals surface area contributed by atoms with E-state index < -0.39 is 0 Å². The summed E-state index contributed by atoms with van der Waals surface area (Å²) in [4.78, 5) is 7.03. The summed E-state index contributed by atoms with van der Waals surface area (Å²) >= 11 is 0. The van der Waals surface area contributed by atoms with Gasteiger partial charge in [0, 0.05) is 28.8 Å². The minimum Gasteiger partial charge on any atom is -0.310 e. The van der Waals surface area contributed by atoms with Crippen LogP contribution in [0.3, 0.4) is 0 Å². The zero-order chi connectivity index (χ0) is 26.3. The molecule has 6 rings (SSSR count). The largest absolute Gasteiger partial charge is 0.310 e. The van der Waals surface area contributed by atoms with Gasteiger partial charge in [-0.05, 0) is 64.4 Å². The van der Waals surface area contributed by atoms with Crippen LogP contribution in [0.25, 0.3) is 22.9 Å². The molecule has 0 bridgehead atoms. The van der Waals surface area contributed by atoms with Crippen LogP contribution in [0.1, 0.15) is 16.7 Å². The monoisotopic (exact) mass is 500 g/mol. The Kier molecular flexibility index (Phi) is 7.09. The molecule has 0 aliphatic heterocycles. The maximum atomic E-state index is 4.73. The minimum absolute atomic E-state index is 0.945. The van der Waals surface area contributed by atoms with Crippen LogP contribution in [0, 0.1) is 0 Å². The van der Waals surface area contributed by atoms with E-state index in [1.165, 1.54) is 10.8 Å². The number of para-hydroxylation sites is 2. The molecule has 39 heavy (non-hydrogen) atoms. The first-order valence-corrected chi connectivity index (χ1v) is 13.1. The molecule has 0 radical (unpaired) electrons. The molecule has 2 heteroatoms. The van der Waals surface area contributed by atoms with Crippen LogP contribution in [0.2, 0.25) is 0 Å². The van der Waals surface area contributed by atoms with Crippen molar-refractivity contribution in [3.63, 3.8) is 0 Å². The smallest absolute Gasteiger partial charge is 0.0702 e. The molecule has 0 aliphatic carbocycles. The van der Waals surface area contributed by atoms with Crippen molar-refractivity contribution in [2.45, 2.75) is 0 Å². The third kappa shape index (κ3) is 5.71. The molecule has 0 aliphatic rings. The van der Waals surface area contributed by atoms with Gasteiger partial charge in [-0.2, -0.15) is 0 Å². The van der Waals surface area contributed by atoms with Crippen molar-refractivity contribution < 1.29 is 0 Å². The van der Waals surface area contributed by atoms with Crippen molar-refractivity contribution in [1.29, 1.82) is 0 Å². The van der Waals surface area contributed by atoms with E-state index >= 15 is 0 Å². The lowest BCUT2D eigenvalue weighted by atomic mass is 10.1. The molecule has 2 nitrogen and oxygen atoms in total. The fourth-order valence-electron chi connectivity index (χ4n) is 4.69. The van der Waals surface area contributed by atoms with E-state index in [1.807, 2.05) is 42.6 Å². The Morgan fingerprint density at radius 1 is 0.436 bits per heavy atom. The Bertz CT molecular complexity index is 1730. The number of benzene rings is 6. The highest BCUT2D eigenvalue weighted by Crippen LogP contribution is 2.36. The van der Waals surface area contributed by atoms with Crippen molar-refractivity contribution in [3.8, 4) is 0 Å². The number of hydrogen-bond acceptors (Lipinski definition) is 2. The van der Waals surface area contributed by atoms with Crippen LogP contribution in [0.4, 0.5) is 22.7 Å². The molecule has 0 saturated carbocycles. The van der Waals surface area contributed by atoms with E-state index in [-0.39, 0.29) is 0 Å². The van der Waals surface area contributed by atoms with E-state index in [0.717, 1.165) is 39.4 Å². The third-order valence-electron chi connectivity index (χ3n) is 6.70. The summed E-state index contributed by atoms with van der Waals surface area (Å²) < 4.78 is 0. The number of hydrogen-bond donors (Lipinski definition) is 0. The van der Waals surface area contributed by atoms with Gasteiger partial charge in [0.25, 0.3) is 0 Å². The number of fused-ring (bicyclic) bond motifs is 1. The fourth-order valence-corrected chi connectivity index (χ4v) is 4.69. The zero-order valence-corrected chi connectivity index (χ0v) is 21.6. The lowest BCUT2D eigenvalue weighted by Gasteiger charge is -2.26. The maximum absolute atomic E-state index is 4.73. The van der Waals surface area contributed by atoms with Gasteiger partial charge in [0.2, 0.25) is 0 Å². The van der Waals surface area contributed by atoms with Crippen LogP contribution < -0.4 is 4.90 Å². The lowest BCUT2D eigenvalue weighted by Crippen LogP contribution is -2.09. The van der Waals surface area contributed by atoms with Gasteiger partial charge >= 0.3 is 0 Å². The summed E-state index contributed by atoms with van der Waals surface area (Å²) in [6, 6.07) is 52.7. The second-order valence-corrected chi connectivity index (χ2v) is 9.35. The van der Waals surface area contributed by atoms with E-state index in [4.69, 9.17) is 4.99 Å². The highest BCUT2D eigenvalue weighted by molar-refractivity contribution is 5.89. The molecular weight excluding hydrogens is 472 g/mol. The minimum atomic E-state index is 0.945. The average Bonchev–Trinajstić information content (AvgIpc) is 3.01. The van der Waals surface area contributed by atoms with Crippen molar-refractivity contribution in [1.82, 2.24) is 0 Å². The van der Waals surface area contributed by atoms with Gasteiger partial charge in [0.15, 0.2) is 0 Å². The molecule has 6 aromatic carbocycles. The summed E-state index contributed by atoms with van der Waals surface area (Å²) in [6.07, 6.45) is 6.18. The SMILES string of the molecule is C(=Nc1ccccc1/C=C/c1ccc(N(c2ccccc2)c2ccc3ccccc3c2)cc1)c1ccccc1. The Balaban J connectivity index is 1.28. The standard InChI is InChI=1S/C37H28N2/c1-3-11-30(12-4-1)28-38-37-18-10-9-14-32(37)22-19-29-20-24-35(25-21-29)39(34-16-5-2-6-17-34)36-26-23-31-13-7-8-15-33(31)27-36/h1-28H/b22-19+,38-28?. The molecule has 0 aromatic heterocycles. The Morgan fingerprint density at radius 2 is 1.05 bits per heavy atom. The molecule has 0 fully saturated rings. The summed E-state index contributed by atoms with van der Waals surface area (Å²) in [6.45, 7) is 0. The number of rotatable bonds is 7. The lowest BCUT2D eigenvalue weighted by molar-refractivity contribution is 1.29. The predicted molar refractivity (Wildman–Crippen MR) is 168 cm³/mol. The summed E-state index contributed by atoms with van der Waals surface area (Å²) in [5.41, 5.74) is 7.61. The number of nitrogens with zero attached hydrogens (tertiary/aromatic N) is 2. The van der Waals surface area contributed by atoms with Crippen molar-refractivity contribution >= 4 is 51.9 Å². The van der Waals surface area contributed by atoms with Crippen molar-refractivity contribution in [2.75, 3.05) is 4.90 Å². The first-order chi connectivity index (χ1) is 19.3. The topological polar surface area (TPSA) is 15.6 Å². The first kappa shape index (κ1) is 24.1. The normalized spacial score (nSPS) is 11.4. The highest BCUT2D eigenvalue weighted by Gasteiger charge is 2.12. The summed E-state index contributed by atoms with van der Waals surface area (Å²) in [5, 5.41) is 2.47. The van der Waals surface area contributed by atoms with Gasteiger partial charge in [-0.25, -0.2) is 0 Å². The van der Waals surface area contributed by atoms with E-state index in [1.54, 1.807) is 0 Å². The second kappa shape index (κ2) is 11.5. The molecule has 0 N–H and O–H groups in total. The van der Waals surface area contributed by atoms with Gasteiger partial charge in [0.1, 0.15) is 0 Å². The fraction of sp³-hybridized carbons (Fsp3) is 0. The van der Waals surface area contributed by atoms with E-state index in [0.29, 0.717) is 0 Å². The molecular formula is C37H28N2. The predicted octanol–water partition coefficient (Wildman–Crippen LogP) is 10.2. The second-order valence-electron chi connectivity index (χ2n) is 9.35. The molecule has 0 atom stereocenters. The summed E-state index contributed by atoms with van der Waals surface area (Å²) in [5.74, 6) is 0.